The minimum absolute atomic E-state index is 0.0390. The maximum absolute atomic E-state index is 14.3. The normalized spacial score (nSPS) is 24.8. The molecule has 0 aromatic heterocycles. The summed E-state index contributed by atoms with van der Waals surface area (Å²) in [4.78, 5) is 68.2. The zero-order valence-corrected chi connectivity index (χ0v) is 30.3. The number of Topliss-reactive ketones (excluding diaryl/α,β-unsaturated/α-hetero) is 1. The molecule has 3 N–H and O–H groups in total. The standard InChI is InChI=1S/C33H52F3N5O7S/c1-9-13-37-29(45)26(43)22(11-12-33(34,35)36)38-28(44)25-24-21(32(24,7)8)18-41(25)30(46)27(31(4,5)6)39-23(42)16-20(19(2)3)17-40-14-10-15-49(40,47)48/h9,19-22,24-25,27H,1,10-18H2,2-8H3,(H,37,45)(H,38,44)(H,39,42)/t20-,21+,22?,24+,25+,27-/m1/s1. The first kappa shape index (κ1) is 40.4. The van der Waals surface area contributed by atoms with E-state index in [-0.39, 0.29) is 60.9 Å². The van der Waals surface area contributed by atoms with E-state index in [0.29, 0.717) is 13.0 Å². The molecule has 3 rings (SSSR count). The van der Waals surface area contributed by atoms with Crippen molar-refractivity contribution in [2.45, 2.75) is 98.5 Å². The van der Waals surface area contributed by atoms with E-state index >= 15 is 0 Å². The SMILES string of the molecule is C=CCNC(=O)C(=O)C(CCC(F)(F)F)NC(=O)[C@@H]1[C@@H]2[C@H](CN1C(=O)[C@@H](NC(=O)C[C@H](CN1CCCS1(=O)=O)C(C)C)C(C)(C)C)C2(C)C. The summed E-state index contributed by atoms with van der Waals surface area (Å²) in [5.41, 5.74) is -1.22. The number of carbonyl (C=O) groups excluding carboxylic acids is 5. The number of hydrogen-bond donors (Lipinski definition) is 3. The summed E-state index contributed by atoms with van der Waals surface area (Å²) in [5, 5.41) is 7.42. The van der Waals surface area contributed by atoms with Crippen LogP contribution in [0.4, 0.5) is 13.2 Å². The molecular formula is C33H52F3N5O7S. The van der Waals surface area contributed by atoms with Gasteiger partial charge in [0.15, 0.2) is 0 Å². The molecule has 2 saturated heterocycles. The summed E-state index contributed by atoms with van der Waals surface area (Å²) < 4.78 is 65.7. The first-order chi connectivity index (χ1) is 22.4. The highest BCUT2D eigenvalue weighted by Crippen LogP contribution is 2.65. The van der Waals surface area contributed by atoms with E-state index in [1.807, 2.05) is 27.7 Å². The van der Waals surface area contributed by atoms with Gasteiger partial charge in [-0.05, 0) is 47.3 Å². The second-order valence-electron chi connectivity index (χ2n) is 15.6. The molecule has 2 aliphatic heterocycles. The summed E-state index contributed by atoms with van der Waals surface area (Å²) in [6, 6.07) is -4.05. The number of sulfonamides is 1. The van der Waals surface area contributed by atoms with Gasteiger partial charge in [-0.1, -0.05) is 54.5 Å². The van der Waals surface area contributed by atoms with Crippen molar-refractivity contribution in [1.82, 2.24) is 25.2 Å². The maximum Gasteiger partial charge on any atom is 0.389 e. The number of piperidine rings is 1. The van der Waals surface area contributed by atoms with Crippen molar-refractivity contribution in [3.63, 3.8) is 0 Å². The molecule has 49 heavy (non-hydrogen) atoms. The first-order valence-corrected chi connectivity index (χ1v) is 18.4. The largest absolute Gasteiger partial charge is 0.389 e. The minimum Gasteiger partial charge on any atom is -0.346 e. The van der Waals surface area contributed by atoms with Crippen LogP contribution in [0.15, 0.2) is 12.7 Å². The van der Waals surface area contributed by atoms with Crippen molar-refractivity contribution < 1.29 is 45.6 Å². The predicted molar refractivity (Wildman–Crippen MR) is 176 cm³/mol. The Hall–Kier alpha value is -3.01. The third-order valence-corrected chi connectivity index (χ3v) is 12.1. The summed E-state index contributed by atoms with van der Waals surface area (Å²) in [6.07, 6.45) is -5.19. The Bertz CT molecular complexity index is 1410. The minimum atomic E-state index is -4.66. The van der Waals surface area contributed by atoms with E-state index in [1.165, 1.54) is 15.3 Å². The summed E-state index contributed by atoms with van der Waals surface area (Å²) in [7, 11) is -3.38. The zero-order chi connectivity index (χ0) is 37.3. The molecule has 2 heterocycles. The second kappa shape index (κ2) is 15.1. The van der Waals surface area contributed by atoms with Crippen molar-refractivity contribution in [2.75, 3.05) is 31.9 Å². The van der Waals surface area contributed by atoms with Gasteiger partial charge < -0.3 is 20.9 Å². The number of fused-ring (bicyclic) bond motifs is 1. The van der Waals surface area contributed by atoms with Gasteiger partial charge in [0.05, 0.1) is 11.8 Å². The number of amides is 4. The van der Waals surface area contributed by atoms with E-state index in [1.54, 1.807) is 20.8 Å². The summed E-state index contributed by atoms with van der Waals surface area (Å²) in [5.74, 6) is -5.08. The van der Waals surface area contributed by atoms with Gasteiger partial charge in [0.1, 0.15) is 12.1 Å². The van der Waals surface area contributed by atoms with Crippen LogP contribution in [0.3, 0.4) is 0 Å². The lowest BCUT2D eigenvalue weighted by Crippen LogP contribution is -2.60. The highest BCUT2D eigenvalue weighted by atomic mass is 32.2. The molecule has 3 fully saturated rings. The molecule has 1 aliphatic carbocycles. The topological polar surface area (TPSA) is 162 Å². The van der Waals surface area contributed by atoms with E-state index in [4.69, 9.17) is 0 Å². The van der Waals surface area contributed by atoms with Crippen LogP contribution >= 0.6 is 0 Å². The van der Waals surface area contributed by atoms with Crippen LogP contribution < -0.4 is 16.0 Å². The Morgan fingerprint density at radius 1 is 1.06 bits per heavy atom. The Morgan fingerprint density at radius 2 is 1.69 bits per heavy atom. The van der Waals surface area contributed by atoms with Crippen molar-refractivity contribution >= 4 is 39.4 Å². The van der Waals surface area contributed by atoms with Crippen LogP contribution in [-0.4, -0.2) is 103 Å². The van der Waals surface area contributed by atoms with Gasteiger partial charge in [0, 0.05) is 39.0 Å². The molecule has 278 valence electrons. The number of nitrogens with one attached hydrogen (secondary N) is 3. The fourth-order valence-corrected chi connectivity index (χ4v) is 8.58. The number of halogens is 3. The quantitative estimate of drug-likeness (QED) is 0.173. The Labute approximate surface area is 287 Å². The second-order valence-corrected chi connectivity index (χ2v) is 17.7. The van der Waals surface area contributed by atoms with Gasteiger partial charge in [-0.15, -0.1) is 6.58 Å². The molecule has 0 radical (unpaired) electrons. The molecule has 0 aromatic rings. The number of hydrogen-bond acceptors (Lipinski definition) is 7. The van der Waals surface area contributed by atoms with Crippen LogP contribution in [0.2, 0.25) is 0 Å². The van der Waals surface area contributed by atoms with Crippen LogP contribution in [0.25, 0.3) is 0 Å². The molecule has 0 bridgehead atoms. The molecule has 4 amide bonds. The highest BCUT2D eigenvalue weighted by molar-refractivity contribution is 7.89. The average molecular weight is 720 g/mol. The molecule has 0 spiro atoms. The van der Waals surface area contributed by atoms with Crippen LogP contribution in [0, 0.1) is 34.5 Å². The van der Waals surface area contributed by atoms with E-state index in [0.717, 1.165) is 0 Å². The van der Waals surface area contributed by atoms with Gasteiger partial charge in [-0.3, -0.25) is 24.0 Å². The first-order valence-electron chi connectivity index (χ1n) is 16.8. The number of alkyl halides is 3. The third kappa shape index (κ3) is 9.83. The van der Waals surface area contributed by atoms with Gasteiger partial charge in [-0.2, -0.15) is 13.2 Å². The highest BCUT2D eigenvalue weighted by Gasteiger charge is 2.70. The fraction of sp³-hybridized carbons (Fsp3) is 0.788. The molecule has 16 heteroatoms. The summed E-state index contributed by atoms with van der Waals surface area (Å²) >= 11 is 0. The number of carbonyl (C=O) groups is 5. The van der Waals surface area contributed by atoms with Gasteiger partial charge in [0.2, 0.25) is 33.5 Å². The Balaban J connectivity index is 1.83. The van der Waals surface area contributed by atoms with E-state index in [9.17, 15) is 45.6 Å². The van der Waals surface area contributed by atoms with E-state index < -0.39 is 82.0 Å². The number of nitrogens with zero attached hydrogens (tertiary/aromatic N) is 2. The third-order valence-electron chi connectivity index (χ3n) is 10.2. The molecular weight excluding hydrogens is 667 g/mol. The average Bonchev–Trinajstić information content (AvgIpc) is 3.27. The van der Waals surface area contributed by atoms with Gasteiger partial charge in [-0.25, -0.2) is 12.7 Å². The van der Waals surface area contributed by atoms with E-state index in [2.05, 4.69) is 22.5 Å². The van der Waals surface area contributed by atoms with Crippen molar-refractivity contribution in [3.8, 4) is 0 Å². The number of rotatable bonds is 15. The van der Waals surface area contributed by atoms with Crippen molar-refractivity contribution in [2.24, 2.45) is 34.5 Å². The summed E-state index contributed by atoms with van der Waals surface area (Å²) in [6.45, 7) is 16.9. The van der Waals surface area contributed by atoms with Gasteiger partial charge in [0.25, 0.3) is 5.91 Å². The molecule has 1 unspecified atom stereocenters. The molecule has 6 atom stereocenters. The molecule has 1 saturated carbocycles. The predicted octanol–water partition coefficient (Wildman–Crippen LogP) is 2.40. The Morgan fingerprint density at radius 3 is 2.20 bits per heavy atom. The smallest absolute Gasteiger partial charge is 0.346 e. The Kier molecular flexibility index (Phi) is 12.4. The molecule has 3 aliphatic rings. The molecule has 12 nitrogen and oxygen atoms in total. The maximum atomic E-state index is 14.3. The van der Waals surface area contributed by atoms with Crippen molar-refractivity contribution in [3.05, 3.63) is 12.7 Å². The monoisotopic (exact) mass is 719 g/mol. The van der Waals surface area contributed by atoms with Crippen LogP contribution in [-0.2, 0) is 34.0 Å². The lowest BCUT2D eigenvalue weighted by Gasteiger charge is -2.38. The number of ketones is 1. The van der Waals surface area contributed by atoms with Gasteiger partial charge >= 0.3 is 6.18 Å². The fourth-order valence-electron chi connectivity index (χ4n) is 7.00. The van der Waals surface area contributed by atoms with Crippen molar-refractivity contribution in [1.29, 1.82) is 0 Å². The molecule has 0 aromatic carbocycles. The number of likely N-dealkylation sites (tertiary alicyclic amines) is 1. The zero-order valence-electron chi connectivity index (χ0n) is 29.5. The lowest BCUT2D eigenvalue weighted by atomic mass is 9.84. The van der Waals surface area contributed by atoms with Crippen LogP contribution in [0.5, 0.6) is 0 Å². The lowest BCUT2D eigenvalue weighted by molar-refractivity contribution is -0.148. The van der Waals surface area contributed by atoms with Crippen LogP contribution in [0.1, 0.15) is 74.1 Å².